The zero-order valence-electron chi connectivity index (χ0n) is 5.86. The van der Waals surface area contributed by atoms with Crippen molar-refractivity contribution in [1.29, 1.82) is 0 Å². The smallest absolute Gasteiger partial charge is 0.393 e. The van der Waals surface area contributed by atoms with E-state index < -0.39 is 24.6 Å². The monoisotopic (exact) mass is 169 g/mol. The molecule has 0 radical (unpaired) electrons. The zero-order valence-corrected chi connectivity index (χ0v) is 5.86. The first-order chi connectivity index (χ1) is 5.05. The van der Waals surface area contributed by atoms with Crippen LogP contribution in [0.15, 0.2) is 0 Å². The molecular formula is C6H10F3NO. The first-order valence-corrected chi connectivity index (χ1v) is 3.44. The molecule has 0 bridgehead atoms. The number of nitrogens with one attached hydrogen (secondary N) is 1. The summed E-state index contributed by atoms with van der Waals surface area (Å²) in [7, 11) is 0. The van der Waals surface area contributed by atoms with E-state index in [-0.39, 0.29) is 13.1 Å². The molecule has 1 rings (SSSR count). The predicted molar refractivity (Wildman–Crippen MR) is 33.0 cm³/mol. The van der Waals surface area contributed by atoms with E-state index in [0.29, 0.717) is 0 Å². The molecule has 0 aromatic rings. The van der Waals surface area contributed by atoms with Crippen LogP contribution in [0.1, 0.15) is 0 Å². The highest BCUT2D eigenvalue weighted by molar-refractivity contribution is 4.85. The van der Waals surface area contributed by atoms with Crippen molar-refractivity contribution in [3.8, 4) is 0 Å². The summed E-state index contributed by atoms with van der Waals surface area (Å²) >= 11 is 0. The number of alkyl halides is 3. The van der Waals surface area contributed by atoms with E-state index in [0.717, 1.165) is 0 Å². The van der Waals surface area contributed by atoms with E-state index >= 15 is 0 Å². The number of hydrogen-bond acceptors (Lipinski definition) is 2. The maximum Gasteiger partial charge on any atom is 0.393 e. The molecule has 1 saturated heterocycles. The summed E-state index contributed by atoms with van der Waals surface area (Å²) in [5, 5.41) is 11.2. The molecule has 2 atom stereocenters. The summed E-state index contributed by atoms with van der Waals surface area (Å²) in [6, 6.07) is 0. The second-order valence-electron chi connectivity index (χ2n) is 2.75. The zero-order chi connectivity index (χ0) is 8.48. The summed E-state index contributed by atoms with van der Waals surface area (Å²) in [4.78, 5) is 0. The van der Waals surface area contributed by atoms with Crippen LogP contribution in [0, 0.1) is 11.8 Å². The molecule has 11 heavy (non-hydrogen) atoms. The molecule has 66 valence electrons. The summed E-state index contributed by atoms with van der Waals surface area (Å²) in [5.74, 6) is -2.03. The molecule has 0 aliphatic carbocycles. The van der Waals surface area contributed by atoms with Gasteiger partial charge in [0.1, 0.15) is 0 Å². The molecule has 2 nitrogen and oxygen atoms in total. The minimum Gasteiger partial charge on any atom is -0.396 e. The average molecular weight is 169 g/mol. The van der Waals surface area contributed by atoms with E-state index in [2.05, 4.69) is 5.32 Å². The standard InChI is InChI=1S/C6H10F3NO/c7-6(8,9)5-2-10-1-4(5)3-11/h4-5,10-11H,1-3H2/t4-,5+/m1/s1. The number of rotatable bonds is 1. The van der Waals surface area contributed by atoms with E-state index in [4.69, 9.17) is 5.11 Å². The molecule has 0 aromatic heterocycles. The molecule has 1 fully saturated rings. The van der Waals surface area contributed by atoms with Gasteiger partial charge in [-0.05, 0) is 0 Å². The predicted octanol–water partition coefficient (Wildman–Crippen LogP) is 0.377. The lowest BCUT2D eigenvalue weighted by Gasteiger charge is -2.18. The molecule has 0 spiro atoms. The van der Waals surface area contributed by atoms with Gasteiger partial charge in [-0.25, -0.2) is 0 Å². The summed E-state index contributed by atoms with van der Waals surface area (Å²) in [5.41, 5.74) is 0. The molecular weight excluding hydrogens is 159 g/mol. The lowest BCUT2D eigenvalue weighted by atomic mass is 9.97. The largest absolute Gasteiger partial charge is 0.396 e. The number of halogens is 3. The normalized spacial score (nSPS) is 32.7. The molecule has 0 aromatic carbocycles. The molecule has 5 heteroatoms. The minimum absolute atomic E-state index is 0.0608. The van der Waals surface area contributed by atoms with E-state index in [9.17, 15) is 13.2 Å². The van der Waals surface area contributed by atoms with Crippen molar-refractivity contribution in [2.75, 3.05) is 19.7 Å². The Morgan fingerprint density at radius 2 is 2.00 bits per heavy atom. The number of aliphatic hydroxyl groups is 1. The van der Waals surface area contributed by atoms with Gasteiger partial charge in [-0.3, -0.25) is 0 Å². The van der Waals surface area contributed by atoms with Gasteiger partial charge in [0, 0.05) is 25.6 Å². The molecule has 0 unspecified atom stereocenters. The van der Waals surface area contributed by atoms with E-state index in [1.807, 2.05) is 0 Å². The van der Waals surface area contributed by atoms with Gasteiger partial charge in [-0.15, -0.1) is 0 Å². The van der Waals surface area contributed by atoms with Gasteiger partial charge in [0.25, 0.3) is 0 Å². The quantitative estimate of drug-likeness (QED) is 0.594. The van der Waals surface area contributed by atoms with Crippen molar-refractivity contribution in [2.45, 2.75) is 6.18 Å². The van der Waals surface area contributed by atoms with Crippen LogP contribution in [0.4, 0.5) is 13.2 Å². The SMILES string of the molecule is OC[C@H]1CNC[C@@H]1C(F)(F)F. The Morgan fingerprint density at radius 1 is 1.36 bits per heavy atom. The van der Waals surface area contributed by atoms with Crippen LogP contribution >= 0.6 is 0 Å². The molecule has 0 amide bonds. The van der Waals surface area contributed by atoms with Crippen LogP contribution in [-0.4, -0.2) is 31.0 Å². The van der Waals surface area contributed by atoms with Crippen LogP contribution in [-0.2, 0) is 0 Å². The summed E-state index contributed by atoms with van der Waals surface area (Å²) in [6.07, 6.45) is -4.17. The van der Waals surface area contributed by atoms with Gasteiger partial charge >= 0.3 is 6.18 Å². The molecule has 2 N–H and O–H groups in total. The highest BCUT2D eigenvalue weighted by Crippen LogP contribution is 2.33. The third kappa shape index (κ3) is 1.84. The van der Waals surface area contributed by atoms with E-state index in [1.54, 1.807) is 0 Å². The Bertz CT molecular complexity index is 136. The molecule has 0 saturated carbocycles. The minimum atomic E-state index is -4.17. The van der Waals surface area contributed by atoms with Crippen molar-refractivity contribution < 1.29 is 18.3 Å². The van der Waals surface area contributed by atoms with Crippen LogP contribution in [0.5, 0.6) is 0 Å². The van der Waals surface area contributed by atoms with Crippen LogP contribution in [0.25, 0.3) is 0 Å². The second-order valence-corrected chi connectivity index (χ2v) is 2.75. The first-order valence-electron chi connectivity index (χ1n) is 3.44. The maximum absolute atomic E-state index is 12.0. The fourth-order valence-electron chi connectivity index (χ4n) is 1.31. The second kappa shape index (κ2) is 2.98. The molecule has 1 aliphatic rings. The lowest BCUT2D eigenvalue weighted by Crippen LogP contribution is -2.31. The van der Waals surface area contributed by atoms with Crippen LogP contribution < -0.4 is 5.32 Å². The third-order valence-corrected chi connectivity index (χ3v) is 1.99. The number of hydrogen-bond donors (Lipinski definition) is 2. The summed E-state index contributed by atoms with van der Waals surface area (Å²) in [6.45, 7) is -0.188. The van der Waals surface area contributed by atoms with Crippen molar-refractivity contribution in [1.82, 2.24) is 5.32 Å². The van der Waals surface area contributed by atoms with Gasteiger partial charge in [0.15, 0.2) is 0 Å². The van der Waals surface area contributed by atoms with Gasteiger partial charge in [-0.1, -0.05) is 0 Å². The highest BCUT2D eigenvalue weighted by atomic mass is 19.4. The number of aliphatic hydroxyl groups excluding tert-OH is 1. The molecule has 1 aliphatic heterocycles. The van der Waals surface area contributed by atoms with Gasteiger partial charge < -0.3 is 10.4 Å². The van der Waals surface area contributed by atoms with Gasteiger partial charge in [0.05, 0.1) is 5.92 Å². The Labute approximate surface area is 62.4 Å². The third-order valence-electron chi connectivity index (χ3n) is 1.99. The molecule has 1 heterocycles. The first kappa shape index (κ1) is 8.80. The van der Waals surface area contributed by atoms with Crippen LogP contribution in [0.2, 0.25) is 0 Å². The Hall–Kier alpha value is -0.290. The van der Waals surface area contributed by atoms with Crippen molar-refractivity contribution in [3.63, 3.8) is 0 Å². The van der Waals surface area contributed by atoms with Crippen molar-refractivity contribution >= 4 is 0 Å². The van der Waals surface area contributed by atoms with E-state index in [1.165, 1.54) is 0 Å². The van der Waals surface area contributed by atoms with Crippen LogP contribution in [0.3, 0.4) is 0 Å². The topological polar surface area (TPSA) is 32.3 Å². The van der Waals surface area contributed by atoms with Gasteiger partial charge in [-0.2, -0.15) is 13.2 Å². The Kier molecular flexibility index (Phi) is 2.39. The Morgan fingerprint density at radius 3 is 2.36 bits per heavy atom. The van der Waals surface area contributed by atoms with Gasteiger partial charge in [0.2, 0.25) is 0 Å². The highest BCUT2D eigenvalue weighted by Gasteiger charge is 2.46. The lowest BCUT2D eigenvalue weighted by molar-refractivity contribution is -0.181. The summed E-state index contributed by atoms with van der Waals surface area (Å²) < 4.78 is 36.1. The maximum atomic E-state index is 12.0. The fraction of sp³-hybridized carbons (Fsp3) is 1.00. The Balaban J connectivity index is 2.57. The van der Waals surface area contributed by atoms with Crippen molar-refractivity contribution in [2.24, 2.45) is 11.8 Å². The fourth-order valence-corrected chi connectivity index (χ4v) is 1.31. The average Bonchev–Trinajstić information content (AvgIpc) is 2.31. The van der Waals surface area contributed by atoms with Crippen molar-refractivity contribution in [3.05, 3.63) is 0 Å².